The van der Waals surface area contributed by atoms with Crippen molar-refractivity contribution in [2.45, 2.75) is 24.5 Å². The van der Waals surface area contributed by atoms with E-state index in [2.05, 4.69) is 33.7 Å². The van der Waals surface area contributed by atoms with Gasteiger partial charge in [-0.05, 0) is 18.6 Å². The summed E-state index contributed by atoms with van der Waals surface area (Å²) in [6, 6.07) is 0. The number of aromatic nitrogens is 2. The van der Waals surface area contributed by atoms with Crippen LogP contribution in [0, 0.1) is 0 Å². The van der Waals surface area contributed by atoms with Crippen LogP contribution in [0.1, 0.15) is 18.7 Å². The average Bonchev–Trinajstić information content (AvgIpc) is 2.85. The number of hydrogen-bond donors (Lipinski definition) is 1. The summed E-state index contributed by atoms with van der Waals surface area (Å²) in [5.74, 6) is 2.52. The highest BCUT2D eigenvalue weighted by atomic mass is 32.2. The second-order valence-corrected chi connectivity index (χ2v) is 5.45. The van der Waals surface area contributed by atoms with E-state index in [1.165, 1.54) is 24.4 Å². The first-order chi connectivity index (χ1) is 7.36. The van der Waals surface area contributed by atoms with Crippen molar-refractivity contribution in [3.8, 4) is 0 Å². The zero-order chi connectivity index (χ0) is 10.5. The van der Waals surface area contributed by atoms with Gasteiger partial charge in [0.1, 0.15) is 5.82 Å². The highest BCUT2D eigenvalue weighted by Gasteiger charge is 2.14. The molecule has 1 aliphatic heterocycles. The first-order valence-electron chi connectivity index (χ1n) is 5.65. The van der Waals surface area contributed by atoms with Gasteiger partial charge in [0.25, 0.3) is 0 Å². The Labute approximate surface area is 95.7 Å². The van der Waals surface area contributed by atoms with Gasteiger partial charge in [0.15, 0.2) is 0 Å². The quantitative estimate of drug-likeness (QED) is 0.769. The van der Waals surface area contributed by atoms with Crippen LogP contribution in [-0.2, 0) is 13.5 Å². The molecule has 15 heavy (non-hydrogen) atoms. The number of rotatable bonds is 5. The third-order valence-electron chi connectivity index (χ3n) is 2.84. The summed E-state index contributed by atoms with van der Waals surface area (Å²) in [6.45, 7) is 2.21. The molecule has 1 aliphatic rings. The summed E-state index contributed by atoms with van der Waals surface area (Å²) in [4.78, 5) is 4.30. The monoisotopic (exact) mass is 225 g/mol. The van der Waals surface area contributed by atoms with Gasteiger partial charge >= 0.3 is 0 Å². The van der Waals surface area contributed by atoms with E-state index in [0.717, 1.165) is 24.8 Å². The van der Waals surface area contributed by atoms with Gasteiger partial charge in [-0.15, -0.1) is 0 Å². The molecule has 3 nitrogen and oxygen atoms in total. The predicted molar refractivity (Wildman–Crippen MR) is 65.3 cm³/mol. The SMILES string of the molecule is Cn1ccnc1CCNCC1CCCS1. The Bertz CT molecular complexity index is 292. The van der Waals surface area contributed by atoms with E-state index in [9.17, 15) is 0 Å². The fraction of sp³-hybridized carbons (Fsp3) is 0.727. The number of aryl methyl sites for hydroxylation is 1. The van der Waals surface area contributed by atoms with Crippen molar-refractivity contribution in [1.29, 1.82) is 0 Å². The summed E-state index contributed by atoms with van der Waals surface area (Å²) in [5, 5.41) is 4.37. The molecule has 1 N–H and O–H groups in total. The largest absolute Gasteiger partial charge is 0.338 e. The van der Waals surface area contributed by atoms with Crippen LogP contribution in [-0.4, -0.2) is 33.6 Å². The lowest BCUT2D eigenvalue weighted by Crippen LogP contribution is -2.25. The molecule has 1 fully saturated rings. The Kier molecular flexibility index (Phi) is 4.09. The molecule has 0 saturated carbocycles. The van der Waals surface area contributed by atoms with Crippen LogP contribution in [0.5, 0.6) is 0 Å². The summed E-state index contributed by atoms with van der Waals surface area (Å²) >= 11 is 2.11. The first-order valence-corrected chi connectivity index (χ1v) is 6.69. The Hall–Kier alpha value is -0.480. The molecule has 1 unspecified atom stereocenters. The number of thioether (sulfide) groups is 1. The molecule has 2 rings (SSSR count). The second-order valence-electron chi connectivity index (χ2n) is 4.04. The van der Waals surface area contributed by atoms with Crippen LogP contribution < -0.4 is 5.32 Å². The number of imidazole rings is 1. The number of nitrogens with one attached hydrogen (secondary N) is 1. The summed E-state index contributed by atoms with van der Waals surface area (Å²) in [7, 11) is 2.05. The Morgan fingerprint density at radius 1 is 1.67 bits per heavy atom. The van der Waals surface area contributed by atoms with E-state index in [4.69, 9.17) is 0 Å². The molecule has 0 aromatic carbocycles. The minimum absolute atomic E-state index is 0.853. The summed E-state index contributed by atoms with van der Waals surface area (Å²) in [6.07, 6.45) is 7.68. The lowest BCUT2D eigenvalue weighted by atomic mass is 10.2. The maximum Gasteiger partial charge on any atom is 0.109 e. The normalized spacial score (nSPS) is 21.0. The molecule has 0 aliphatic carbocycles. The Balaban J connectivity index is 1.60. The van der Waals surface area contributed by atoms with Gasteiger partial charge in [0, 0.05) is 44.2 Å². The van der Waals surface area contributed by atoms with E-state index in [-0.39, 0.29) is 0 Å². The zero-order valence-electron chi connectivity index (χ0n) is 9.28. The predicted octanol–water partition coefficient (Wildman–Crippen LogP) is 1.45. The van der Waals surface area contributed by atoms with Crippen LogP contribution in [0.15, 0.2) is 12.4 Å². The average molecular weight is 225 g/mol. The highest BCUT2D eigenvalue weighted by Crippen LogP contribution is 2.25. The first kappa shape index (κ1) is 11.0. The van der Waals surface area contributed by atoms with Crippen molar-refractivity contribution in [2.75, 3.05) is 18.8 Å². The molecule has 0 bridgehead atoms. The Morgan fingerprint density at radius 3 is 3.27 bits per heavy atom. The molecule has 84 valence electrons. The molecule has 2 heterocycles. The molecular weight excluding hydrogens is 206 g/mol. The van der Waals surface area contributed by atoms with Crippen molar-refractivity contribution in [1.82, 2.24) is 14.9 Å². The summed E-state index contributed by atoms with van der Waals surface area (Å²) in [5.41, 5.74) is 0. The smallest absolute Gasteiger partial charge is 0.109 e. The number of nitrogens with zero attached hydrogens (tertiary/aromatic N) is 2. The van der Waals surface area contributed by atoms with Crippen LogP contribution >= 0.6 is 11.8 Å². The van der Waals surface area contributed by atoms with Crippen molar-refractivity contribution in [3.05, 3.63) is 18.2 Å². The molecule has 1 saturated heterocycles. The van der Waals surface area contributed by atoms with Crippen LogP contribution in [0.2, 0.25) is 0 Å². The molecule has 0 radical (unpaired) electrons. The van der Waals surface area contributed by atoms with Crippen LogP contribution in [0.25, 0.3) is 0 Å². The lowest BCUT2D eigenvalue weighted by Gasteiger charge is -2.09. The fourth-order valence-electron chi connectivity index (χ4n) is 1.91. The maximum absolute atomic E-state index is 4.30. The van der Waals surface area contributed by atoms with E-state index in [0.29, 0.717) is 0 Å². The molecule has 1 aromatic heterocycles. The minimum atomic E-state index is 0.853. The van der Waals surface area contributed by atoms with E-state index < -0.39 is 0 Å². The minimum Gasteiger partial charge on any atom is -0.338 e. The van der Waals surface area contributed by atoms with Gasteiger partial charge in [-0.3, -0.25) is 0 Å². The van der Waals surface area contributed by atoms with Crippen LogP contribution in [0.3, 0.4) is 0 Å². The fourth-order valence-corrected chi connectivity index (χ4v) is 3.14. The van der Waals surface area contributed by atoms with Gasteiger partial charge in [-0.2, -0.15) is 11.8 Å². The van der Waals surface area contributed by atoms with Gasteiger partial charge in [-0.25, -0.2) is 4.98 Å². The van der Waals surface area contributed by atoms with Crippen molar-refractivity contribution in [3.63, 3.8) is 0 Å². The van der Waals surface area contributed by atoms with E-state index in [1.807, 2.05) is 12.4 Å². The topological polar surface area (TPSA) is 29.9 Å². The lowest BCUT2D eigenvalue weighted by molar-refractivity contribution is 0.626. The van der Waals surface area contributed by atoms with Gasteiger partial charge in [0.05, 0.1) is 0 Å². The Morgan fingerprint density at radius 2 is 2.60 bits per heavy atom. The van der Waals surface area contributed by atoms with E-state index in [1.54, 1.807) is 0 Å². The third kappa shape index (κ3) is 3.24. The summed E-state index contributed by atoms with van der Waals surface area (Å²) < 4.78 is 2.09. The van der Waals surface area contributed by atoms with Gasteiger partial charge in [-0.1, -0.05) is 0 Å². The standard InChI is InChI=1S/C11H19N3S/c1-14-7-6-13-11(14)4-5-12-9-10-3-2-8-15-10/h6-7,10,12H,2-5,8-9H2,1H3. The van der Waals surface area contributed by atoms with Crippen LogP contribution in [0.4, 0.5) is 0 Å². The molecule has 1 atom stereocenters. The van der Waals surface area contributed by atoms with Crippen molar-refractivity contribution in [2.24, 2.45) is 7.05 Å². The maximum atomic E-state index is 4.30. The van der Waals surface area contributed by atoms with Crippen molar-refractivity contribution >= 4 is 11.8 Å². The molecular formula is C11H19N3S. The van der Waals surface area contributed by atoms with Crippen molar-refractivity contribution < 1.29 is 0 Å². The molecule has 0 amide bonds. The molecule has 1 aromatic rings. The van der Waals surface area contributed by atoms with E-state index >= 15 is 0 Å². The van der Waals surface area contributed by atoms with Gasteiger partial charge in [0.2, 0.25) is 0 Å². The third-order valence-corrected chi connectivity index (χ3v) is 4.24. The molecule has 0 spiro atoms. The van der Waals surface area contributed by atoms with Gasteiger partial charge < -0.3 is 9.88 Å². The second kappa shape index (κ2) is 5.56. The highest BCUT2D eigenvalue weighted by molar-refractivity contribution is 8.00. The number of hydrogen-bond acceptors (Lipinski definition) is 3. The molecule has 4 heteroatoms. The zero-order valence-corrected chi connectivity index (χ0v) is 10.1.